The number of hydrogen-bond donors (Lipinski definition) is 2. The summed E-state index contributed by atoms with van der Waals surface area (Å²) in [6.45, 7) is 1.89. The number of carbonyl (C=O) groups is 2. The van der Waals surface area contributed by atoms with E-state index in [0.717, 1.165) is 5.56 Å². The van der Waals surface area contributed by atoms with Crippen LogP contribution in [0.1, 0.15) is 42.6 Å². The lowest BCUT2D eigenvalue weighted by Gasteiger charge is -2.15. The van der Waals surface area contributed by atoms with Gasteiger partial charge in [0.15, 0.2) is 6.61 Å². The highest BCUT2D eigenvalue weighted by Crippen LogP contribution is 2.20. The average Bonchev–Trinajstić information content (AvgIpc) is 2.66. The molecule has 29 heavy (non-hydrogen) atoms. The first-order valence-corrected chi connectivity index (χ1v) is 8.81. The molecule has 0 spiro atoms. The maximum absolute atomic E-state index is 12.2. The van der Waals surface area contributed by atoms with Crippen molar-refractivity contribution in [3.63, 3.8) is 0 Å². The molecule has 2 atom stereocenters. The number of amides is 1. The van der Waals surface area contributed by atoms with Crippen LogP contribution in [0.4, 0.5) is 13.2 Å². The number of carbonyl (C=O) groups excluding carboxylic acids is 1. The summed E-state index contributed by atoms with van der Waals surface area (Å²) in [7, 11) is 0. The van der Waals surface area contributed by atoms with Gasteiger partial charge in [-0.25, -0.2) is 0 Å². The van der Waals surface area contributed by atoms with E-state index >= 15 is 0 Å². The van der Waals surface area contributed by atoms with Crippen LogP contribution in [0.25, 0.3) is 0 Å². The maximum Gasteiger partial charge on any atom is 0.422 e. The van der Waals surface area contributed by atoms with Gasteiger partial charge in [0.2, 0.25) is 5.91 Å². The lowest BCUT2D eigenvalue weighted by Crippen LogP contribution is -2.28. The molecule has 0 aliphatic heterocycles. The molecular formula is C20H21F3N2O4. The molecule has 1 aromatic heterocycles. The zero-order chi connectivity index (χ0) is 21.6. The molecule has 1 amide bonds. The summed E-state index contributed by atoms with van der Waals surface area (Å²) in [5.41, 5.74) is 1.84. The van der Waals surface area contributed by atoms with Gasteiger partial charge in [0.05, 0.1) is 30.3 Å². The summed E-state index contributed by atoms with van der Waals surface area (Å²) >= 11 is 0. The predicted molar refractivity (Wildman–Crippen MR) is 98.5 cm³/mol. The van der Waals surface area contributed by atoms with Gasteiger partial charge in [-0.2, -0.15) is 13.2 Å². The molecule has 156 valence electrons. The fourth-order valence-corrected chi connectivity index (χ4v) is 2.52. The summed E-state index contributed by atoms with van der Waals surface area (Å²) in [6.07, 6.45) is -3.16. The molecule has 0 fully saturated rings. The van der Waals surface area contributed by atoms with E-state index in [9.17, 15) is 22.8 Å². The summed E-state index contributed by atoms with van der Waals surface area (Å²) in [5.74, 6) is -1.84. The van der Waals surface area contributed by atoms with Crippen LogP contribution < -0.4 is 10.1 Å². The van der Waals surface area contributed by atoms with E-state index in [4.69, 9.17) is 5.11 Å². The standard InChI is InChI=1S/C20H21F3N2O4/c1-12(19(27)28)15-5-3-14(4-6-15)9-18(26)25-13(2)17-8-7-16(10-24-17)29-11-20(21,22)23/h3-8,10,12-13H,9,11H2,1-2H3,(H,25,26)(H,27,28)/t12?,13-/m1/s1. The molecule has 0 saturated carbocycles. The van der Waals surface area contributed by atoms with Crippen molar-refractivity contribution in [3.05, 3.63) is 59.4 Å². The van der Waals surface area contributed by atoms with Crippen LogP contribution in [0.3, 0.4) is 0 Å². The van der Waals surface area contributed by atoms with E-state index < -0.39 is 30.7 Å². The molecule has 9 heteroatoms. The Morgan fingerprint density at radius 3 is 2.31 bits per heavy atom. The number of nitrogens with zero attached hydrogens (tertiary/aromatic N) is 1. The number of aromatic nitrogens is 1. The van der Waals surface area contributed by atoms with E-state index in [-0.39, 0.29) is 18.1 Å². The number of nitrogens with one attached hydrogen (secondary N) is 1. The Hall–Kier alpha value is -3.10. The normalized spacial score (nSPS) is 13.4. The van der Waals surface area contributed by atoms with Crippen molar-refractivity contribution in [1.29, 1.82) is 0 Å². The third kappa shape index (κ3) is 7.10. The van der Waals surface area contributed by atoms with E-state index in [1.807, 2.05) is 0 Å². The lowest BCUT2D eigenvalue weighted by atomic mass is 9.99. The molecule has 0 bridgehead atoms. The van der Waals surface area contributed by atoms with Crippen LogP contribution in [-0.2, 0) is 16.0 Å². The van der Waals surface area contributed by atoms with Gasteiger partial charge in [-0.3, -0.25) is 14.6 Å². The van der Waals surface area contributed by atoms with Crippen LogP contribution in [0, 0.1) is 0 Å². The summed E-state index contributed by atoms with van der Waals surface area (Å²) < 4.78 is 41.0. The number of pyridine rings is 1. The molecule has 6 nitrogen and oxygen atoms in total. The SMILES string of the molecule is CC(C(=O)O)c1ccc(CC(=O)N[C@H](C)c2ccc(OCC(F)(F)F)cn2)cc1. The quantitative estimate of drug-likeness (QED) is 0.694. The molecule has 2 rings (SSSR count). The highest BCUT2D eigenvalue weighted by molar-refractivity contribution is 5.79. The van der Waals surface area contributed by atoms with Gasteiger partial charge in [0.25, 0.3) is 0 Å². The van der Waals surface area contributed by atoms with Crippen molar-refractivity contribution in [3.8, 4) is 5.75 Å². The molecule has 0 aliphatic rings. The van der Waals surface area contributed by atoms with Gasteiger partial charge in [-0.15, -0.1) is 0 Å². The van der Waals surface area contributed by atoms with Gasteiger partial charge in [0, 0.05) is 0 Å². The predicted octanol–water partition coefficient (Wildman–Crippen LogP) is 3.63. The largest absolute Gasteiger partial charge is 0.483 e. The van der Waals surface area contributed by atoms with Gasteiger partial charge in [-0.05, 0) is 37.1 Å². The fourth-order valence-electron chi connectivity index (χ4n) is 2.52. The lowest BCUT2D eigenvalue weighted by molar-refractivity contribution is -0.153. The number of rotatable bonds is 8. The second kappa shape index (κ2) is 9.40. The first kappa shape index (κ1) is 22.2. The van der Waals surface area contributed by atoms with Crippen molar-refractivity contribution >= 4 is 11.9 Å². The number of ether oxygens (including phenoxy) is 1. The number of benzene rings is 1. The first-order valence-electron chi connectivity index (χ1n) is 8.81. The van der Waals surface area contributed by atoms with Crippen molar-refractivity contribution in [2.45, 2.75) is 38.4 Å². The Labute approximate surface area is 165 Å². The van der Waals surface area contributed by atoms with Gasteiger partial charge < -0.3 is 15.2 Å². The van der Waals surface area contributed by atoms with Gasteiger partial charge in [0.1, 0.15) is 5.75 Å². The smallest absolute Gasteiger partial charge is 0.422 e. The minimum absolute atomic E-state index is 0.0136. The van der Waals surface area contributed by atoms with Crippen LogP contribution in [0.2, 0.25) is 0 Å². The highest BCUT2D eigenvalue weighted by Gasteiger charge is 2.28. The third-order valence-corrected chi connectivity index (χ3v) is 4.20. The Bertz CT molecular complexity index is 836. The third-order valence-electron chi connectivity index (χ3n) is 4.20. The number of aliphatic carboxylic acids is 1. The van der Waals surface area contributed by atoms with Crippen LogP contribution in [0.15, 0.2) is 42.6 Å². The van der Waals surface area contributed by atoms with Crippen molar-refractivity contribution in [2.75, 3.05) is 6.61 Å². The zero-order valence-electron chi connectivity index (χ0n) is 15.9. The summed E-state index contributed by atoms with van der Waals surface area (Å²) in [5, 5.41) is 11.8. The van der Waals surface area contributed by atoms with E-state index in [1.54, 1.807) is 38.1 Å². The molecule has 1 unspecified atom stereocenters. The summed E-state index contributed by atoms with van der Waals surface area (Å²) in [4.78, 5) is 27.2. The minimum Gasteiger partial charge on any atom is -0.483 e. The van der Waals surface area contributed by atoms with Crippen molar-refractivity contribution in [2.24, 2.45) is 0 Å². The Kier molecular flexibility index (Phi) is 7.19. The topological polar surface area (TPSA) is 88.5 Å². The molecule has 1 aromatic carbocycles. The number of halogens is 3. The Balaban J connectivity index is 1.89. The second-order valence-electron chi connectivity index (χ2n) is 6.59. The minimum atomic E-state index is -4.43. The van der Waals surface area contributed by atoms with E-state index in [0.29, 0.717) is 11.3 Å². The molecular weight excluding hydrogens is 389 g/mol. The van der Waals surface area contributed by atoms with Crippen molar-refractivity contribution < 1.29 is 32.6 Å². The summed E-state index contributed by atoms with van der Waals surface area (Å²) in [6, 6.07) is 9.13. The second-order valence-corrected chi connectivity index (χ2v) is 6.59. The monoisotopic (exact) mass is 410 g/mol. The van der Waals surface area contributed by atoms with Crippen LogP contribution in [0.5, 0.6) is 5.75 Å². The van der Waals surface area contributed by atoms with E-state index in [2.05, 4.69) is 15.0 Å². The number of alkyl halides is 3. The zero-order valence-corrected chi connectivity index (χ0v) is 15.9. The molecule has 1 heterocycles. The fraction of sp³-hybridized carbons (Fsp3) is 0.350. The van der Waals surface area contributed by atoms with Crippen LogP contribution >= 0.6 is 0 Å². The maximum atomic E-state index is 12.2. The number of hydrogen-bond acceptors (Lipinski definition) is 4. The molecule has 0 radical (unpaired) electrons. The number of carboxylic acids is 1. The number of carboxylic acid groups (broad SMARTS) is 1. The molecule has 2 aromatic rings. The molecule has 0 aliphatic carbocycles. The Morgan fingerprint density at radius 2 is 1.79 bits per heavy atom. The van der Waals surface area contributed by atoms with Gasteiger partial charge >= 0.3 is 12.1 Å². The highest BCUT2D eigenvalue weighted by atomic mass is 19.4. The van der Waals surface area contributed by atoms with Crippen LogP contribution in [-0.4, -0.2) is 34.8 Å². The Morgan fingerprint density at radius 1 is 1.14 bits per heavy atom. The first-order chi connectivity index (χ1) is 13.5. The van der Waals surface area contributed by atoms with Crippen molar-refractivity contribution in [1.82, 2.24) is 10.3 Å². The molecule has 0 saturated heterocycles. The van der Waals surface area contributed by atoms with Gasteiger partial charge in [-0.1, -0.05) is 24.3 Å². The molecule has 2 N–H and O–H groups in total. The van der Waals surface area contributed by atoms with E-state index in [1.165, 1.54) is 18.3 Å². The average molecular weight is 410 g/mol.